The molecule has 1 saturated carbocycles. The van der Waals surface area contributed by atoms with E-state index in [0.29, 0.717) is 16.9 Å². The van der Waals surface area contributed by atoms with Gasteiger partial charge in [0, 0.05) is 5.92 Å². The van der Waals surface area contributed by atoms with E-state index in [0.717, 1.165) is 24.4 Å². The van der Waals surface area contributed by atoms with Crippen LogP contribution in [0.5, 0.6) is 0 Å². The van der Waals surface area contributed by atoms with Crippen molar-refractivity contribution >= 4 is 0 Å². The highest BCUT2D eigenvalue weighted by atomic mass is 16.5. The third kappa shape index (κ3) is 0.824. The summed E-state index contributed by atoms with van der Waals surface area (Å²) in [6.07, 6.45) is 2.98. The summed E-state index contributed by atoms with van der Waals surface area (Å²) in [5.74, 6) is 2.28. The Morgan fingerprint density at radius 1 is 1.33 bits per heavy atom. The topological polar surface area (TPSA) is 9.23 Å². The molecular formula is C14H22O. The van der Waals surface area contributed by atoms with Crippen LogP contribution in [0.1, 0.15) is 34.6 Å². The molecule has 1 aliphatic heterocycles. The molecule has 5 unspecified atom stereocenters. The van der Waals surface area contributed by atoms with E-state index < -0.39 is 0 Å². The fraction of sp³-hybridized carbons (Fsp3) is 0.857. The molecule has 0 N–H and O–H groups in total. The van der Waals surface area contributed by atoms with Crippen molar-refractivity contribution in [3.05, 3.63) is 11.6 Å². The number of ether oxygens (including phenoxy) is 1. The minimum atomic E-state index is 0.373. The van der Waals surface area contributed by atoms with Gasteiger partial charge in [-0.1, -0.05) is 32.4 Å². The predicted octanol–water partition coefficient (Wildman–Crippen LogP) is 3.26. The van der Waals surface area contributed by atoms with Gasteiger partial charge in [-0.15, -0.1) is 0 Å². The van der Waals surface area contributed by atoms with Gasteiger partial charge in [0.05, 0.1) is 12.7 Å². The summed E-state index contributed by atoms with van der Waals surface area (Å²) in [6.45, 7) is 12.9. The fourth-order valence-electron chi connectivity index (χ4n) is 4.90. The van der Waals surface area contributed by atoms with E-state index in [1.165, 1.54) is 0 Å². The Balaban J connectivity index is 2.15. The van der Waals surface area contributed by atoms with Gasteiger partial charge in [0.15, 0.2) is 0 Å². The Kier molecular flexibility index (Phi) is 1.65. The molecule has 1 heteroatoms. The van der Waals surface area contributed by atoms with Crippen LogP contribution in [-0.2, 0) is 4.74 Å². The summed E-state index contributed by atoms with van der Waals surface area (Å²) in [7, 11) is 0. The number of hydrogen-bond acceptors (Lipinski definition) is 1. The predicted molar refractivity (Wildman–Crippen MR) is 61.5 cm³/mol. The first-order valence-electron chi connectivity index (χ1n) is 6.21. The Morgan fingerprint density at radius 2 is 2.00 bits per heavy atom. The average Bonchev–Trinajstić information content (AvgIpc) is 2.65. The van der Waals surface area contributed by atoms with Crippen LogP contribution in [0.25, 0.3) is 0 Å². The normalized spacial score (nSPS) is 55.7. The van der Waals surface area contributed by atoms with E-state index in [1.807, 2.05) is 0 Å². The summed E-state index contributed by atoms with van der Waals surface area (Å²) in [5.41, 5.74) is 2.42. The standard InChI is InChI=1S/C14H22O/c1-8-6-11-10-7-15-9(2)12(10)14(8,5)13(11,3)4/h6,9-12H,7H2,1-5H3. The van der Waals surface area contributed by atoms with Crippen molar-refractivity contribution in [3.63, 3.8) is 0 Å². The molecule has 1 nitrogen and oxygen atoms in total. The van der Waals surface area contributed by atoms with Crippen LogP contribution in [0.3, 0.4) is 0 Å². The van der Waals surface area contributed by atoms with Crippen molar-refractivity contribution in [1.82, 2.24) is 0 Å². The van der Waals surface area contributed by atoms with Crippen molar-refractivity contribution < 1.29 is 4.74 Å². The van der Waals surface area contributed by atoms with E-state index in [-0.39, 0.29) is 0 Å². The van der Waals surface area contributed by atoms with E-state index in [1.54, 1.807) is 5.57 Å². The summed E-state index contributed by atoms with van der Waals surface area (Å²) in [5, 5.41) is 0. The first kappa shape index (κ1) is 9.89. The maximum atomic E-state index is 5.87. The quantitative estimate of drug-likeness (QED) is 0.553. The summed E-state index contributed by atoms with van der Waals surface area (Å²) in [6, 6.07) is 0. The second-order valence-electron chi connectivity index (χ2n) is 6.53. The lowest BCUT2D eigenvalue weighted by Crippen LogP contribution is -2.38. The van der Waals surface area contributed by atoms with Crippen molar-refractivity contribution in [1.29, 1.82) is 0 Å². The number of allylic oxidation sites excluding steroid dienone is 2. The summed E-state index contributed by atoms with van der Waals surface area (Å²) >= 11 is 0. The second kappa shape index (κ2) is 2.51. The Bertz CT molecular complexity index is 341. The lowest BCUT2D eigenvalue weighted by molar-refractivity contribution is 0.0295. The molecule has 1 heterocycles. The van der Waals surface area contributed by atoms with Gasteiger partial charge >= 0.3 is 0 Å². The monoisotopic (exact) mass is 206 g/mol. The van der Waals surface area contributed by atoms with Crippen LogP contribution < -0.4 is 0 Å². The number of fused-ring (bicyclic) bond motifs is 5. The molecule has 0 spiro atoms. The minimum absolute atomic E-state index is 0.373. The summed E-state index contributed by atoms with van der Waals surface area (Å²) in [4.78, 5) is 0. The Labute approximate surface area is 92.9 Å². The van der Waals surface area contributed by atoms with E-state index in [4.69, 9.17) is 4.74 Å². The zero-order valence-electron chi connectivity index (χ0n) is 10.5. The first-order chi connectivity index (χ1) is 6.90. The molecule has 15 heavy (non-hydrogen) atoms. The minimum Gasteiger partial charge on any atom is -0.378 e. The van der Waals surface area contributed by atoms with Crippen LogP contribution in [0.2, 0.25) is 0 Å². The average molecular weight is 206 g/mol. The van der Waals surface area contributed by atoms with E-state index in [9.17, 15) is 0 Å². The Morgan fingerprint density at radius 3 is 2.67 bits per heavy atom. The SMILES string of the molecule is CC1=CC2C3COC(C)C3C1(C)C2(C)C. The van der Waals surface area contributed by atoms with E-state index >= 15 is 0 Å². The molecule has 0 radical (unpaired) electrons. The molecule has 2 fully saturated rings. The zero-order valence-corrected chi connectivity index (χ0v) is 10.5. The number of rotatable bonds is 0. The van der Waals surface area contributed by atoms with Gasteiger partial charge in [0.1, 0.15) is 0 Å². The highest BCUT2D eigenvalue weighted by Crippen LogP contribution is 2.72. The van der Waals surface area contributed by atoms with Gasteiger partial charge in [0.2, 0.25) is 0 Å². The molecule has 5 atom stereocenters. The van der Waals surface area contributed by atoms with Crippen molar-refractivity contribution in [3.8, 4) is 0 Å². The molecule has 0 aromatic rings. The first-order valence-corrected chi connectivity index (χ1v) is 6.21. The highest BCUT2D eigenvalue weighted by molar-refractivity contribution is 5.35. The highest BCUT2D eigenvalue weighted by Gasteiger charge is 2.68. The molecule has 0 amide bonds. The van der Waals surface area contributed by atoms with Gasteiger partial charge in [-0.05, 0) is 36.5 Å². The number of hydrogen-bond donors (Lipinski definition) is 0. The third-order valence-electron chi connectivity index (χ3n) is 6.07. The molecular weight excluding hydrogens is 184 g/mol. The lowest BCUT2D eigenvalue weighted by Gasteiger charge is -2.42. The van der Waals surface area contributed by atoms with Gasteiger partial charge in [-0.25, -0.2) is 0 Å². The van der Waals surface area contributed by atoms with E-state index in [2.05, 4.69) is 40.7 Å². The van der Waals surface area contributed by atoms with Gasteiger partial charge < -0.3 is 4.74 Å². The zero-order chi connectivity index (χ0) is 11.0. The second-order valence-corrected chi connectivity index (χ2v) is 6.53. The summed E-state index contributed by atoms with van der Waals surface area (Å²) < 4.78 is 5.87. The van der Waals surface area contributed by atoms with Crippen molar-refractivity contribution in [2.75, 3.05) is 6.61 Å². The largest absolute Gasteiger partial charge is 0.378 e. The molecule has 2 bridgehead atoms. The molecule has 2 aliphatic carbocycles. The molecule has 1 saturated heterocycles. The van der Waals surface area contributed by atoms with Crippen molar-refractivity contribution in [2.45, 2.75) is 40.7 Å². The van der Waals surface area contributed by atoms with Crippen LogP contribution in [0, 0.1) is 28.6 Å². The molecule has 3 rings (SSSR count). The molecule has 0 aromatic carbocycles. The molecule has 84 valence electrons. The third-order valence-corrected chi connectivity index (χ3v) is 6.07. The van der Waals surface area contributed by atoms with Crippen LogP contribution >= 0.6 is 0 Å². The molecule has 3 aliphatic rings. The smallest absolute Gasteiger partial charge is 0.0587 e. The Hall–Kier alpha value is -0.300. The van der Waals surface area contributed by atoms with Gasteiger partial charge in [-0.2, -0.15) is 0 Å². The maximum absolute atomic E-state index is 5.87. The maximum Gasteiger partial charge on any atom is 0.0587 e. The van der Waals surface area contributed by atoms with Crippen LogP contribution in [0.4, 0.5) is 0 Å². The van der Waals surface area contributed by atoms with Crippen LogP contribution in [-0.4, -0.2) is 12.7 Å². The molecule has 0 aromatic heterocycles. The van der Waals surface area contributed by atoms with Crippen molar-refractivity contribution in [2.24, 2.45) is 28.6 Å². The fourth-order valence-corrected chi connectivity index (χ4v) is 4.90. The van der Waals surface area contributed by atoms with Gasteiger partial charge in [0.25, 0.3) is 0 Å². The van der Waals surface area contributed by atoms with Gasteiger partial charge in [-0.3, -0.25) is 0 Å². The van der Waals surface area contributed by atoms with Crippen LogP contribution in [0.15, 0.2) is 11.6 Å². The lowest BCUT2D eigenvalue weighted by atomic mass is 9.62.